The zero-order valence-corrected chi connectivity index (χ0v) is 12.4. The van der Waals surface area contributed by atoms with Gasteiger partial charge in [0.2, 0.25) is 5.90 Å². The number of rotatable bonds is 3. The summed E-state index contributed by atoms with van der Waals surface area (Å²) in [5.41, 5.74) is 5.35. The number of hydrogen-bond acceptors (Lipinski definition) is 6. The number of ether oxygens (including phenoxy) is 2. The highest BCUT2D eigenvalue weighted by Gasteiger charge is 2.26. The molecule has 1 heterocycles. The van der Waals surface area contributed by atoms with Crippen molar-refractivity contribution in [2.75, 3.05) is 19.9 Å². The third kappa shape index (κ3) is 3.85. The molecule has 0 spiro atoms. The van der Waals surface area contributed by atoms with E-state index in [2.05, 4.69) is 4.99 Å². The van der Waals surface area contributed by atoms with E-state index in [1.807, 2.05) is 0 Å². The van der Waals surface area contributed by atoms with Gasteiger partial charge in [-0.2, -0.15) is 0 Å². The van der Waals surface area contributed by atoms with Gasteiger partial charge in [-0.25, -0.2) is 9.38 Å². The molecule has 19 heavy (non-hydrogen) atoms. The summed E-state index contributed by atoms with van der Waals surface area (Å²) in [4.78, 5) is 15.2. The number of carbonyl (C=O) groups excluding carboxylic acids is 1. The van der Waals surface area contributed by atoms with Crippen molar-refractivity contribution in [3.05, 3.63) is 21.6 Å². The van der Waals surface area contributed by atoms with Gasteiger partial charge in [0.1, 0.15) is 10.9 Å². The van der Waals surface area contributed by atoms with Crippen LogP contribution in [0.5, 0.6) is 0 Å². The summed E-state index contributed by atoms with van der Waals surface area (Å²) in [5, 5.41) is -0.886. The minimum atomic E-state index is -1.21. The molecule has 0 saturated carbocycles. The van der Waals surface area contributed by atoms with Gasteiger partial charge < -0.3 is 15.2 Å². The zero-order chi connectivity index (χ0) is 14.6. The van der Waals surface area contributed by atoms with Gasteiger partial charge in [-0.1, -0.05) is 35.0 Å². The number of nitrogens with zero attached hydrogens (tertiary/aromatic N) is 1. The van der Waals surface area contributed by atoms with Crippen molar-refractivity contribution in [2.45, 2.75) is 6.29 Å². The van der Waals surface area contributed by atoms with Crippen LogP contribution < -0.4 is 5.73 Å². The van der Waals surface area contributed by atoms with Crippen LogP contribution in [0.1, 0.15) is 0 Å². The Bertz CT molecular complexity index is 479. The van der Waals surface area contributed by atoms with E-state index >= 15 is 0 Å². The lowest BCUT2D eigenvalue weighted by Crippen LogP contribution is -2.27. The molecule has 0 bridgehead atoms. The Balaban J connectivity index is 3.00. The quantitative estimate of drug-likeness (QED) is 0.803. The minimum absolute atomic E-state index is 0.173. The molecule has 1 aliphatic heterocycles. The maximum absolute atomic E-state index is 13.4. The van der Waals surface area contributed by atoms with Gasteiger partial charge in [0.25, 0.3) is 11.4 Å². The molecule has 0 aromatic rings. The Kier molecular flexibility index (Phi) is 6.12. The van der Waals surface area contributed by atoms with E-state index in [9.17, 15) is 9.18 Å². The molecule has 0 amide bonds. The third-order valence-electron chi connectivity index (χ3n) is 2.09. The summed E-state index contributed by atoms with van der Waals surface area (Å²) in [6.45, 7) is -0.380. The molecule has 0 aromatic carbocycles. The lowest BCUT2D eigenvalue weighted by Gasteiger charge is -2.16. The topological polar surface area (TPSA) is 73.9 Å². The van der Waals surface area contributed by atoms with Crippen molar-refractivity contribution in [3.63, 3.8) is 0 Å². The largest absolute Gasteiger partial charge is 0.438 e. The van der Waals surface area contributed by atoms with E-state index in [-0.39, 0.29) is 28.2 Å². The number of hydrogen-bond donors (Lipinski definition) is 1. The van der Waals surface area contributed by atoms with Gasteiger partial charge in [-0.05, 0) is 6.26 Å². The van der Waals surface area contributed by atoms with Crippen molar-refractivity contribution < 1.29 is 18.7 Å². The normalized spacial score (nSPS) is 18.1. The van der Waals surface area contributed by atoms with Gasteiger partial charge in [-0.15, -0.1) is 0 Å². The zero-order valence-electron chi connectivity index (χ0n) is 10.1. The van der Waals surface area contributed by atoms with E-state index in [1.165, 1.54) is 7.11 Å². The van der Waals surface area contributed by atoms with E-state index < -0.39 is 17.2 Å². The van der Waals surface area contributed by atoms with Crippen molar-refractivity contribution in [2.24, 2.45) is 10.7 Å². The first kappa shape index (κ1) is 16.3. The summed E-state index contributed by atoms with van der Waals surface area (Å²) >= 11 is 12.4. The number of methoxy groups -OCH3 is 1. The molecule has 0 saturated heterocycles. The first-order valence-corrected chi connectivity index (χ1v) is 6.92. The van der Waals surface area contributed by atoms with E-state index in [0.29, 0.717) is 0 Å². The molecule has 0 aromatic heterocycles. The average Bonchev–Trinajstić information content (AvgIpc) is 2.51. The number of halogens is 3. The highest BCUT2D eigenvalue weighted by atomic mass is 35.5. The Morgan fingerprint density at radius 2 is 2.16 bits per heavy atom. The number of nitrogens with two attached hydrogens (primary N) is 1. The van der Waals surface area contributed by atoms with Crippen molar-refractivity contribution in [3.8, 4) is 0 Å². The molecule has 1 unspecified atom stereocenters. The highest BCUT2D eigenvalue weighted by molar-refractivity contribution is 8.13. The second kappa shape index (κ2) is 7.14. The Hall–Kier alpha value is -0.760. The molecule has 1 aliphatic rings. The summed E-state index contributed by atoms with van der Waals surface area (Å²) in [6.07, 6.45) is 0.353. The summed E-state index contributed by atoms with van der Waals surface area (Å²) in [6, 6.07) is 0. The molecule has 0 radical (unpaired) electrons. The molecule has 1 rings (SSSR count). The number of aliphatic imine (C=N–C) groups is 1. The van der Waals surface area contributed by atoms with Crippen LogP contribution in [0, 0.1) is 0 Å². The first-order valence-electron chi connectivity index (χ1n) is 4.94. The van der Waals surface area contributed by atoms with Crippen molar-refractivity contribution in [1.29, 1.82) is 0 Å². The average molecular weight is 329 g/mol. The lowest BCUT2D eigenvalue weighted by molar-refractivity contribution is -0.137. The molecule has 0 fully saturated rings. The van der Waals surface area contributed by atoms with Crippen LogP contribution in [0.3, 0.4) is 0 Å². The molecule has 106 valence electrons. The predicted molar refractivity (Wildman–Crippen MR) is 73.8 cm³/mol. The van der Waals surface area contributed by atoms with Crippen LogP contribution >= 0.6 is 35.0 Å². The lowest BCUT2D eigenvalue weighted by atomic mass is 10.3. The van der Waals surface area contributed by atoms with Crippen LogP contribution in [-0.2, 0) is 14.3 Å². The standard InChI is InChI=1S/C10H11Cl2FN2O3S/c1-17-10(9(16)19-2)18-8-6(12)7(14)5(11)4(13)3-15-8/h10H,3,14H2,1-2H3. The predicted octanol–water partition coefficient (Wildman–Crippen LogP) is 2.11. The van der Waals surface area contributed by atoms with Gasteiger partial charge in [-0.3, -0.25) is 4.79 Å². The minimum Gasteiger partial charge on any atom is -0.438 e. The van der Waals surface area contributed by atoms with E-state index in [1.54, 1.807) is 6.26 Å². The monoisotopic (exact) mass is 328 g/mol. The fraction of sp³-hybridized carbons (Fsp3) is 0.400. The second-order valence-electron chi connectivity index (χ2n) is 3.28. The summed E-state index contributed by atoms with van der Waals surface area (Å²) in [7, 11) is 1.28. The molecule has 0 aliphatic carbocycles. The Labute approximate surface area is 123 Å². The van der Waals surface area contributed by atoms with E-state index in [0.717, 1.165) is 11.8 Å². The van der Waals surface area contributed by atoms with Gasteiger partial charge in [0.15, 0.2) is 0 Å². The van der Waals surface area contributed by atoms with Crippen molar-refractivity contribution >= 4 is 46.0 Å². The fourth-order valence-corrected chi connectivity index (χ4v) is 1.85. The van der Waals surface area contributed by atoms with Crippen LogP contribution in [0.4, 0.5) is 4.39 Å². The number of carbonyl (C=O) groups is 1. The van der Waals surface area contributed by atoms with Gasteiger partial charge >= 0.3 is 0 Å². The van der Waals surface area contributed by atoms with Crippen LogP contribution in [0.25, 0.3) is 0 Å². The van der Waals surface area contributed by atoms with E-state index in [4.69, 9.17) is 38.4 Å². The van der Waals surface area contributed by atoms with Crippen molar-refractivity contribution in [1.82, 2.24) is 0 Å². The highest BCUT2D eigenvalue weighted by Crippen LogP contribution is 2.26. The van der Waals surface area contributed by atoms with Gasteiger partial charge in [0, 0.05) is 7.11 Å². The first-order chi connectivity index (χ1) is 8.92. The Morgan fingerprint density at radius 3 is 2.68 bits per heavy atom. The molecular weight excluding hydrogens is 318 g/mol. The van der Waals surface area contributed by atoms with Gasteiger partial charge in [0.05, 0.1) is 17.3 Å². The number of thioether (sulfide) groups is 1. The molecule has 9 heteroatoms. The Morgan fingerprint density at radius 1 is 1.53 bits per heavy atom. The van der Waals surface area contributed by atoms with Crippen LogP contribution in [0.15, 0.2) is 26.6 Å². The smallest absolute Gasteiger partial charge is 0.271 e. The molecular formula is C10H11Cl2FN2O3S. The summed E-state index contributed by atoms with van der Waals surface area (Å²) in [5.74, 6) is -0.930. The molecule has 2 N–H and O–H groups in total. The van der Waals surface area contributed by atoms with Crippen LogP contribution in [0.2, 0.25) is 0 Å². The summed E-state index contributed by atoms with van der Waals surface area (Å²) < 4.78 is 23.4. The molecule has 5 nitrogen and oxygen atoms in total. The maximum atomic E-state index is 13.4. The van der Waals surface area contributed by atoms with Crippen LogP contribution in [-0.4, -0.2) is 37.2 Å². The number of allylic oxidation sites excluding steroid dienone is 1. The SMILES string of the molecule is COC(OC1=NCC(F)=C(Cl)C(N)=C1Cl)C(=O)SC. The second-order valence-corrected chi connectivity index (χ2v) is 4.84. The molecule has 1 atom stereocenters. The fourth-order valence-electron chi connectivity index (χ4n) is 1.12. The maximum Gasteiger partial charge on any atom is 0.271 e. The third-order valence-corrected chi connectivity index (χ3v) is 3.46.